The number of benzene rings is 4. The number of carbonyl (C=O) groups excluding carboxylic acids is 1. The van der Waals surface area contributed by atoms with Gasteiger partial charge in [-0.3, -0.25) is 4.79 Å². The van der Waals surface area contributed by atoms with Crippen LogP contribution in [-0.2, 0) is 29.1 Å². The van der Waals surface area contributed by atoms with Crippen molar-refractivity contribution in [3.63, 3.8) is 0 Å². The minimum atomic E-state index is -1.25. The molecule has 0 amide bonds. The molecule has 9 heteroatoms. The van der Waals surface area contributed by atoms with E-state index in [1.807, 2.05) is 87.5 Å². The fourth-order valence-corrected chi connectivity index (χ4v) is 6.84. The summed E-state index contributed by atoms with van der Waals surface area (Å²) in [5, 5.41) is 12.6. The molecular weight excluding hydrogens is 693 g/mol. The van der Waals surface area contributed by atoms with Crippen molar-refractivity contribution in [2.45, 2.75) is 84.3 Å². The summed E-state index contributed by atoms with van der Waals surface area (Å²) in [7, 11) is 3.22. The minimum Gasteiger partial charge on any atom is -0.497 e. The summed E-state index contributed by atoms with van der Waals surface area (Å²) >= 11 is 0. The van der Waals surface area contributed by atoms with E-state index in [4.69, 9.17) is 28.7 Å². The van der Waals surface area contributed by atoms with Gasteiger partial charge < -0.3 is 33.7 Å². The lowest BCUT2D eigenvalue weighted by Gasteiger charge is -2.31. The molecule has 0 spiro atoms. The van der Waals surface area contributed by atoms with Crippen LogP contribution in [0, 0.1) is 0 Å². The van der Waals surface area contributed by atoms with Gasteiger partial charge in [0, 0.05) is 36.6 Å². The molecule has 2 atom stereocenters. The first-order valence-electron chi connectivity index (χ1n) is 18.8. The van der Waals surface area contributed by atoms with Crippen LogP contribution in [-0.4, -0.2) is 48.5 Å². The van der Waals surface area contributed by atoms with E-state index in [0.29, 0.717) is 47.3 Å². The molecule has 9 nitrogen and oxygen atoms in total. The quantitative estimate of drug-likeness (QED) is 0.105. The Bertz CT molecular complexity index is 2060. The molecule has 0 bridgehead atoms. The van der Waals surface area contributed by atoms with Gasteiger partial charge in [0.2, 0.25) is 0 Å². The monoisotopic (exact) mass is 744 g/mol. The Hall–Kier alpha value is -5.54. The Morgan fingerprint density at radius 2 is 1.56 bits per heavy atom. The number of anilines is 1. The van der Waals surface area contributed by atoms with Crippen molar-refractivity contribution in [2.24, 2.45) is 0 Å². The molecule has 1 aromatic heterocycles. The summed E-state index contributed by atoms with van der Waals surface area (Å²) in [6.07, 6.45) is -0.391. The van der Waals surface area contributed by atoms with Crippen molar-refractivity contribution in [1.82, 2.24) is 4.98 Å². The summed E-state index contributed by atoms with van der Waals surface area (Å²) in [5.41, 5.74) is 4.98. The van der Waals surface area contributed by atoms with Crippen LogP contribution in [0.1, 0.15) is 92.1 Å². The van der Waals surface area contributed by atoms with Crippen molar-refractivity contribution in [3.8, 4) is 23.0 Å². The lowest BCUT2D eigenvalue weighted by Crippen LogP contribution is -2.31. The van der Waals surface area contributed by atoms with Gasteiger partial charge in [-0.2, -0.15) is 0 Å². The van der Waals surface area contributed by atoms with Crippen molar-refractivity contribution in [1.29, 1.82) is 0 Å². The van der Waals surface area contributed by atoms with Gasteiger partial charge >= 0.3 is 5.97 Å². The van der Waals surface area contributed by atoms with Crippen molar-refractivity contribution in [3.05, 3.63) is 142 Å². The molecule has 0 aliphatic carbocycles. The third kappa shape index (κ3) is 9.77. The SMILES string of the molecule is COc1ccc(COc2cc(OC)ccc2[C@H](O)c2nc(N(Cc3ccccc3)C(C)C)ccc2[C@@H](CC(=O)OC(C)(C)C)c2ccc3c(c2)OCC3)cc1. The predicted octanol–water partition coefficient (Wildman–Crippen LogP) is 8.97. The van der Waals surface area contributed by atoms with E-state index in [0.717, 1.165) is 40.2 Å². The Morgan fingerprint density at radius 3 is 2.25 bits per heavy atom. The maximum Gasteiger partial charge on any atom is 0.307 e. The average molecular weight is 745 g/mol. The van der Waals surface area contributed by atoms with Gasteiger partial charge in [0.05, 0.1) is 32.9 Å². The molecule has 0 saturated heterocycles. The van der Waals surface area contributed by atoms with E-state index in [1.165, 1.54) is 0 Å². The summed E-state index contributed by atoms with van der Waals surface area (Å²) < 4.78 is 29.2. The molecule has 0 fully saturated rings. The molecule has 55 heavy (non-hydrogen) atoms. The Balaban J connectivity index is 1.48. The third-order valence-corrected chi connectivity index (χ3v) is 9.67. The van der Waals surface area contributed by atoms with Crippen LogP contribution in [0.3, 0.4) is 0 Å². The minimum absolute atomic E-state index is 0.0259. The third-order valence-electron chi connectivity index (χ3n) is 9.67. The molecule has 0 saturated carbocycles. The van der Waals surface area contributed by atoms with Gasteiger partial charge in [-0.25, -0.2) is 4.98 Å². The molecule has 4 aromatic carbocycles. The zero-order valence-electron chi connectivity index (χ0n) is 32.9. The van der Waals surface area contributed by atoms with Crippen LogP contribution in [0.25, 0.3) is 0 Å². The molecule has 288 valence electrons. The van der Waals surface area contributed by atoms with E-state index in [1.54, 1.807) is 32.4 Å². The number of hydrogen-bond acceptors (Lipinski definition) is 9. The van der Waals surface area contributed by atoms with Crippen molar-refractivity contribution >= 4 is 11.8 Å². The summed E-state index contributed by atoms with van der Waals surface area (Å²) in [6.45, 7) is 11.3. The first-order valence-corrected chi connectivity index (χ1v) is 18.8. The number of hydrogen-bond donors (Lipinski definition) is 1. The van der Waals surface area contributed by atoms with E-state index in [-0.39, 0.29) is 25.0 Å². The number of aromatic nitrogens is 1. The van der Waals surface area contributed by atoms with Crippen LogP contribution >= 0.6 is 0 Å². The first kappa shape index (κ1) is 39.2. The van der Waals surface area contributed by atoms with Crippen LogP contribution in [0.4, 0.5) is 5.82 Å². The number of pyridine rings is 1. The van der Waals surface area contributed by atoms with E-state index < -0.39 is 17.6 Å². The molecular formula is C46H52N2O7. The second-order valence-electron chi connectivity index (χ2n) is 15.1. The number of esters is 1. The van der Waals surface area contributed by atoms with E-state index >= 15 is 0 Å². The van der Waals surface area contributed by atoms with Crippen molar-refractivity contribution in [2.75, 3.05) is 25.7 Å². The maximum atomic E-state index is 13.7. The molecule has 1 aliphatic rings. The average Bonchev–Trinajstić information content (AvgIpc) is 3.66. The second kappa shape index (κ2) is 17.3. The van der Waals surface area contributed by atoms with Gasteiger partial charge in [-0.15, -0.1) is 0 Å². The van der Waals surface area contributed by atoms with Crippen LogP contribution in [0.2, 0.25) is 0 Å². The van der Waals surface area contributed by atoms with Gasteiger partial charge in [0.15, 0.2) is 0 Å². The first-order chi connectivity index (χ1) is 26.4. The van der Waals surface area contributed by atoms with Gasteiger partial charge in [0.1, 0.15) is 47.1 Å². The highest BCUT2D eigenvalue weighted by Crippen LogP contribution is 2.41. The normalized spacial score (nSPS) is 13.4. The maximum absolute atomic E-state index is 13.7. The lowest BCUT2D eigenvalue weighted by molar-refractivity contribution is -0.155. The van der Waals surface area contributed by atoms with Crippen LogP contribution < -0.4 is 23.8 Å². The molecule has 2 heterocycles. The summed E-state index contributed by atoms with van der Waals surface area (Å²) in [6, 6.07) is 33.4. The Morgan fingerprint density at radius 1 is 0.855 bits per heavy atom. The highest BCUT2D eigenvalue weighted by atomic mass is 16.6. The predicted molar refractivity (Wildman–Crippen MR) is 214 cm³/mol. The van der Waals surface area contributed by atoms with E-state index in [9.17, 15) is 9.90 Å². The summed E-state index contributed by atoms with van der Waals surface area (Å²) in [4.78, 5) is 21.2. The number of aliphatic hydroxyl groups excluding tert-OH is 1. The Labute approximate surface area is 324 Å². The van der Waals surface area contributed by atoms with Crippen LogP contribution in [0.5, 0.6) is 23.0 Å². The fourth-order valence-electron chi connectivity index (χ4n) is 6.84. The highest BCUT2D eigenvalue weighted by Gasteiger charge is 2.31. The standard InChI is InChI=1S/C46H52N2O7/c1-30(2)48(28-31-11-9-8-10-12-31)42-22-21-37(39(27-43(49)55-46(3,4)5)34-16-15-33-23-24-53-40(33)25-34)44(47-42)45(50)38-20-19-36(52-7)26-41(38)54-29-32-13-17-35(51-6)18-14-32/h8-22,25-26,30,39,45,50H,23-24,27-29H2,1-7H3/t39-,45-/m0/s1. The summed E-state index contributed by atoms with van der Waals surface area (Å²) in [5.74, 6) is 2.40. The molecule has 1 N–H and O–H groups in total. The molecule has 0 unspecified atom stereocenters. The van der Waals surface area contributed by atoms with Crippen molar-refractivity contribution < 1.29 is 33.6 Å². The number of aliphatic hydroxyl groups is 1. The lowest BCUT2D eigenvalue weighted by atomic mass is 9.84. The van der Waals surface area contributed by atoms with E-state index in [2.05, 4.69) is 36.9 Å². The van der Waals surface area contributed by atoms with Gasteiger partial charge in [0.25, 0.3) is 0 Å². The molecule has 1 aliphatic heterocycles. The molecule has 0 radical (unpaired) electrons. The molecule has 5 aromatic rings. The topological polar surface area (TPSA) is 99.6 Å². The number of nitrogens with zero attached hydrogens (tertiary/aromatic N) is 2. The number of rotatable bonds is 15. The van der Waals surface area contributed by atoms with Gasteiger partial charge in [-0.05, 0) is 98.8 Å². The largest absolute Gasteiger partial charge is 0.497 e. The number of carbonyl (C=O) groups is 1. The fraction of sp³-hybridized carbons (Fsp3) is 0.348. The smallest absolute Gasteiger partial charge is 0.307 e. The number of ether oxygens (including phenoxy) is 5. The zero-order valence-corrected chi connectivity index (χ0v) is 32.9. The number of fused-ring (bicyclic) bond motifs is 1. The highest BCUT2D eigenvalue weighted by molar-refractivity contribution is 5.72. The second-order valence-corrected chi connectivity index (χ2v) is 15.1. The Kier molecular flexibility index (Phi) is 12.3. The molecule has 6 rings (SSSR count). The zero-order chi connectivity index (χ0) is 39.1. The van der Waals surface area contributed by atoms with Gasteiger partial charge in [-0.1, -0.05) is 60.7 Å². The number of methoxy groups -OCH3 is 2. The van der Waals surface area contributed by atoms with Crippen LogP contribution in [0.15, 0.2) is 103 Å².